The second-order valence-electron chi connectivity index (χ2n) is 4.63. The highest BCUT2D eigenvalue weighted by molar-refractivity contribution is 7.98. The van der Waals surface area contributed by atoms with Crippen LogP contribution in [-0.2, 0) is 5.75 Å². The molecule has 1 aromatic carbocycles. The summed E-state index contributed by atoms with van der Waals surface area (Å²) in [5.74, 6) is 1.24. The minimum Gasteiger partial charge on any atom is -0.496 e. The Kier molecular flexibility index (Phi) is 4.98. The van der Waals surface area contributed by atoms with Gasteiger partial charge in [0.05, 0.1) is 30.0 Å². The van der Waals surface area contributed by atoms with Crippen LogP contribution in [0.2, 0.25) is 0 Å². The molecule has 0 radical (unpaired) electrons. The number of nitriles is 2. The van der Waals surface area contributed by atoms with E-state index in [1.807, 2.05) is 19.9 Å². The van der Waals surface area contributed by atoms with Crippen LogP contribution in [-0.4, -0.2) is 17.3 Å². The first-order valence-corrected chi connectivity index (χ1v) is 7.53. The van der Waals surface area contributed by atoms with E-state index in [0.717, 1.165) is 16.8 Å². The summed E-state index contributed by atoms with van der Waals surface area (Å²) < 4.78 is 5.31. The molecule has 0 aliphatic heterocycles. The third kappa shape index (κ3) is 3.19. The summed E-state index contributed by atoms with van der Waals surface area (Å²) in [5.41, 5.74) is 3.67. The maximum Gasteiger partial charge on any atom is 0.137 e. The summed E-state index contributed by atoms with van der Waals surface area (Å²) in [5, 5.41) is 27.0. The predicted molar refractivity (Wildman–Crippen MR) is 83.5 cm³/mol. The zero-order valence-electron chi connectivity index (χ0n) is 12.5. The topological polar surface area (TPSA) is 82.6 Å². The van der Waals surface area contributed by atoms with Gasteiger partial charge in [0.25, 0.3) is 0 Å². The molecule has 0 bridgehead atoms. The zero-order valence-corrected chi connectivity index (χ0v) is 13.4. The van der Waals surface area contributed by atoms with E-state index in [1.54, 1.807) is 19.2 Å². The highest BCUT2D eigenvalue weighted by atomic mass is 32.2. The third-order valence-electron chi connectivity index (χ3n) is 3.31. The molecule has 1 heterocycles. The highest BCUT2D eigenvalue weighted by Crippen LogP contribution is 2.30. The highest BCUT2D eigenvalue weighted by Gasteiger charge is 2.13. The molecule has 0 fully saturated rings. The fraction of sp³-hybridized carbons (Fsp3) is 0.250. The van der Waals surface area contributed by atoms with Gasteiger partial charge in [0.2, 0.25) is 0 Å². The van der Waals surface area contributed by atoms with Crippen molar-refractivity contribution in [2.24, 2.45) is 0 Å². The van der Waals surface area contributed by atoms with E-state index < -0.39 is 0 Å². The lowest BCUT2D eigenvalue weighted by molar-refractivity contribution is 0.411. The molecule has 6 heteroatoms. The zero-order chi connectivity index (χ0) is 16.1. The third-order valence-corrected chi connectivity index (χ3v) is 4.33. The molecule has 5 nitrogen and oxygen atoms in total. The number of aromatic nitrogens is 2. The van der Waals surface area contributed by atoms with Crippen LogP contribution >= 0.6 is 11.8 Å². The van der Waals surface area contributed by atoms with Crippen molar-refractivity contribution in [3.8, 4) is 17.9 Å². The van der Waals surface area contributed by atoms with Crippen LogP contribution in [0.15, 0.2) is 23.2 Å². The fourth-order valence-corrected chi connectivity index (χ4v) is 2.87. The van der Waals surface area contributed by atoms with Gasteiger partial charge in [-0.05, 0) is 31.5 Å². The van der Waals surface area contributed by atoms with E-state index in [0.29, 0.717) is 27.7 Å². The van der Waals surface area contributed by atoms with E-state index in [2.05, 4.69) is 22.3 Å². The Morgan fingerprint density at radius 1 is 1.18 bits per heavy atom. The second kappa shape index (κ2) is 6.93. The van der Waals surface area contributed by atoms with Crippen LogP contribution in [0.4, 0.5) is 0 Å². The van der Waals surface area contributed by atoms with E-state index in [1.165, 1.54) is 11.8 Å². The Balaban J connectivity index is 2.27. The van der Waals surface area contributed by atoms with Gasteiger partial charge < -0.3 is 4.74 Å². The molecule has 2 aromatic rings. The molecule has 110 valence electrons. The molecule has 0 saturated heterocycles. The van der Waals surface area contributed by atoms with Crippen LogP contribution < -0.4 is 4.74 Å². The molecule has 0 unspecified atom stereocenters. The quantitative estimate of drug-likeness (QED) is 0.807. The smallest absolute Gasteiger partial charge is 0.137 e. The number of benzene rings is 1. The lowest BCUT2D eigenvalue weighted by Crippen LogP contribution is -1.99. The van der Waals surface area contributed by atoms with Gasteiger partial charge >= 0.3 is 0 Å². The van der Waals surface area contributed by atoms with Gasteiger partial charge in [-0.2, -0.15) is 15.6 Å². The van der Waals surface area contributed by atoms with E-state index >= 15 is 0 Å². The van der Waals surface area contributed by atoms with Crippen molar-refractivity contribution in [1.29, 1.82) is 10.5 Å². The Morgan fingerprint density at radius 3 is 2.59 bits per heavy atom. The molecule has 0 amide bonds. The van der Waals surface area contributed by atoms with Crippen LogP contribution in [0.25, 0.3) is 0 Å². The van der Waals surface area contributed by atoms with Crippen molar-refractivity contribution < 1.29 is 4.74 Å². The van der Waals surface area contributed by atoms with Crippen molar-refractivity contribution in [1.82, 2.24) is 10.2 Å². The number of thioether (sulfide) groups is 1. The normalized spacial score (nSPS) is 9.86. The molecule has 0 N–H and O–H groups in total. The van der Waals surface area contributed by atoms with Crippen molar-refractivity contribution in [3.05, 3.63) is 46.1 Å². The average Bonchev–Trinajstić information content (AvgIpc) is 2.55. The van der Waals surface area contributed by atoms with E-state index in [4.69, 9.17) is 10.00 Å². The van der Waals surface area contributed by atoms with Gasteiger partial charge in [-0.3, -0.25) is 0 Å². The monoisotopic (exact) mass is 310 g/mol. The summed E-state index contributed by atoms with van der Waals surface area (Å²) in [6.45, 7) is 3.70. The Morgan fingerprint density at radius 2 is 1.95 bits per heavy atom. The number of aryl methyl sites for hydroxylation is 1. The first kappa shape index (κ1) is 15.8. The lowest BCUT2D eigenvalue weighted by atomic mass is 10.1. The van der Waals surface area contributed by atoms with Crippen molar-refractivity contribution in [3.63, 3.8) is 0 Å². The molecule has 0 aliphatic rings. The predicted octanol–water partition coefficient (Wildman–Crippen LogP) is 3.14. The molecule has 2 rings (SSSR count). The molecule has 0 spiro atoms. The van der Waals surface area contributed by atoms with Crippen LogP contribution in [0.1, 0.15) is 27.9 Å². The lowest BCUT2D eigenvalue weighted by Gasteiger charge is -2.10. The van der Waals surface area contributed by atoms with Crippen molar-refractivity contribution in [2.45, 2.75) is 24.6 Å². The number of hydrogen-bond donors (Lipinski definition) is 0. The first-order valence-electron chi connectivity index (χ1n) is 6.54. The van der Waals surface area contributed by atoms with Crippen molar-refractivity contribution in [2.75, 3.05) is 7.11 Å². The molecule has 0 atom stereocenters. The number of ether oxygens (including phenoxy) is 1. The maximum absolute atomic E-state index is 9.30. The fourth-order valence-electron chi connectivity index (χ4n) is 1.90. The van der Waals surface area contributed by atoms with Gasteiger partial charge in [-0.1, -0.05) is 17.8 Å². The van der Waals surface area contributed by atoms with Gasteiger partial charge in [0, 0.05) is 11.3 Å². The summed E-state index contributed by atoms with van der Waals surface area (Å²) in [6.07, 6.45) is 0. The number of rotatable bonds is 4. The van der Waals surface area contributed by atoms with E-state index in [-0.39, 0.29) is 0 Å². The van der Waals surface area contributed by atoms with E-state index in [9.17, 15) is 5.26 Å². The standard InChI is InChI=1S/C16H14N4OS/c1-10-11(2)19-20-16(14(10)8-18)22-9-13-5-4-12(7-17)6-15(13)21-3/h4-6H,9H2,1-3H3. The number of hydrogen-bond acceptors (Lipinski definition) is 6. The molecular formula is C16H14N4OS. The van der Waals surface area contributed by atoms with Gasteiger partial charge in [-0.25, -0.2) is 0 Å². The van der Waals surface area contributed by atoms with Crippen LogP contribution in [0, 0.1) is 36.5 Å². The summed E-state index contributed by atoms with van der Waals surface area (Å²) in [6, 6.07) is 9.57. The Labute approximate surface area is 133 Å². The van der Waals surface area contributed by atoms with Crippen LogP contribution in [0.3, 0.4) is 0 Å². The van der Waals surface area contributed by atoms with Crippen molar-refractivity contribution >= 4 is 11.8 Å². The van der Waals surface area contributed by atoms with Gasteiger partial charge in [0.1, 0.15) is 16.8 Å². The second-order valence-corrected chi connectivity index (χ2v) is 5.59. The maximum atomic E-state index is 9.30. The number of methoxy groups -OCH3 is 1. The molecule has 1 aromatic heterocycles. The van der Waals surface area contributed by atoms with Crippen LogP contribution in [0.5, 0.6) is 5.75 Å². The Hall–Kier alpha value is -2.57. The SMILES string of the molecule is COc1cc(C#N)ccc1CSc1nnc(C)c(C)c1C#N. The average molecular weight is 310 g/mol. The first-order chi connectivity index (χ1) is 10.6. The largest absolute Gasteiger partial charge is 0.496 e. The minimum absolute atomic E-state index is 0.550. The van der Waals surface area contributed by atoms with Gasteiger partial charge in [0.15, 0.2) is 0 Å². The van der Waals surface area contributed by atoms with Gasteiger partial charge in [-0.15, -0.1) is 5.10 Å². The summed E-state index contributed by atoms with van der Waals surface area (Å²) in [4.78, 5) is 0. The summed E-state index contributed by atoms with van der Waals surface area (Å²) in [7, 11) is 1.57. The molecular weight excluding hydrogens is 296 g/mol. The minimum atomic E-state index is 0.550. The Bertz CT molecular complexity index is 790. The molecule has 0 saturated carbocycles. The molecule has 0 aliphatic carbocycles. The molecule has 22 heavy (non-hydrogen) atoms. The number of nitrogens with zero attached hydrogens (tertiary/aromatic N) is 4. The summed E-state index contributed by atoms with van der Waals surface area (Å²) >= 11 is 1.43.